The van der Waals surface area contributed by atoms with Crippen LogP contribution in [0.15, 0.2) is 18.2 Å². The predicted molar refractivity (Wildman–Crippen MR) is 91.5 cm³/mol. The van der Waals surface area contributed by atoms with Gasteiger partial charge in [0.05, 0.1) is 7.11 Å². The maximum Gasteiger partial charge on any atom is 0.121 e. The molecule has 1 fully saturated rings. The van der Waals surface area contributed by atoms with Crippen LogP contribution in [0.5, 0.6) is 5.75 Å². The van der Waals surface area contributed by atoms with Crippen molar-refractivity contribution < 1.29 is 4.74 Å². The van der Waals surface area contributed by atoms with Gasteiger partial charge in [-0.3, -0.25) is 4.90 Å². The number of halogens is 1. The van der Waals surface area contributed by atoms with Crippen molar-refractivity contribution >= 4 is 12.4 Å². The van der Waals surface area contributed by atoms with E-state index in [0.717, 1.165) is 24.8 Å². The number of benzene rings is 1. The van der Waals surface area contributed by atoms with Gasteiger partial charge in [-0.2, -0.15) is 0 Å². The Kier molecular flexibility index (Phi) is 8.09. The number of piperidine rings is 1. The number of methoxy groups -OCH3 is 1. The zero-order chi connectivity index (χ0) is 14.4. The van der Waals surface area contributed by atoms with Crippen LogP contribution >= 0.6 is 12.4 Å². The molecule has 1 aliphatic rings. The van der Waals surface area contributed by atoms with E-state index in [0.29, 0.717) is 0 Å². The van der Waals surface area contributed by atoms with Gasteiger partial charge in [-0.1, -0.05) is 19.1 Å². The van der Waals surface area contributed by atoms with Crippen LogP contribution in [0.25, 0.3) is 0 Å². The lowest BCUT2D eigenvalue weighted by molar-refractivity contribution is 0.176. The SMILES string of the molecule is CCNCC1CCN(Cc2ccc(OC)c(C)c2)CC1.Cl. The van der Waals surface area contributed by atoms with Gasteiger partial charge in [0.2, 0.25) is 0 Å². The molecule has 3 nitrogen and oxygen atoms in total. The molecule has 0 bridgehead atoms. The molecule has 1 aliphatic heterocycles. The van der Waals surface area contributed by atoms with E-state index < -0.39 is 0 Å². The van der Waals surface area contributed by atoms with Crippen molar-refractivity contribution in [2.75, 3.05) is 33.3 Å². The largest absolute Gasteiger partial charge is 0.496 e. The number of likely N-dealkylation sites (tertiary alicyclic amines) is 1. The molecular weight excluding hydrogens is 284 g/mol. The maximum absolute atomic E-state index is 5.32. The van der Waals surface area contributed by atoms with Gasteiger partial charge in [0.25, 0.3) is 0 Å². The van der Waals surface area contributed by atoms with Crippen LogP contribution in [0.2, 0.25) is 0 Å². The van der Waals surface area contributed by atoms with Gasteiger partial charge in [0.15, 0.2) is 0 Å². The minimum atomic E-state index is 0. The summed E-state index contributed by atoms with van der Waals surface area (Å²) >= 11 is 0. The smallest absolute Gasteiger partial charge is 0.121 e. The molecule has 21 heavy (non-hydrogen) atoms. The number of nitrogens with zero attached hydrogens (tertiary/aromatic N) is 1. The normalized spacial score (nSPS) is 16.5. The first-order valence-electron chi connectivity index (χ1n) is 7.79. The van der Waals surface area contributed by atoms with E-state index in [1.165, 1.54) is 43.6 Å². The van der Waals surface area contributed by atoms with Crippen LogP contribution in [-0.2, 0) is 6.54 Å². The summed E-state index contributed by atoms with van der Waals surface area (Å²) in [6.07, 6.45) is 2.64. The van der Waals surface area contributed by atoms with Gasteiger partial charge in [-0.15, -0.1) is 12.4 Å². The van der Waals surface area contributed by atoms with E-state index in [4.69, 9.17) is 4.74 Å². The standard InChI is InChI=1S/C17H28N2O.ClH/c1-4-18-12-15-7-9-19(10-8-15)13-16-5-6-17(20-3)14(2)11-16;/h5-6,11,15,18H,4,7-10,12-13H2,1-3H3;1H. The summed E-state index contributed by atoms with van der Waals surface area (Å²) in [5.41, 5.74) is 2.63. The first-order chi connectivity index (χ1) is 9.72. The van der Waals surface area contributed by atoms with Crippen molar-refractivity contribution in [2.45, 2.75) is 33.2 Å². The van der Waals surface area contributed by atoms with Crippen molar-refractivity contribution in [3.05, 3.63) is 29.3 Å². The molecule has 1 aromatic rings. The zero-order valence-electron chi connectivity index (χ0n) is 13.5. The number of nitrogens with one attached hydrogen (secondary N) is 1. The third-order valence-corrected chi connectivity index (χ3v) is 4.26. The lowest BCUT2D eigenvalue weighted by atomic mass is 9.96. The second-order valence-electron chi connectivity index (χ2n) is 5.83. The van der Waals surface area contributed by atoms with Gasteiger partial charge in [0, 0.05) is 6.54 Å². The fourth-order valence-corrected chi connectivity index (χ4v) is 2.99. The van der Waals surface area contributed by atoms with Crippen LogP contribution in [0.4, 0.5) is 0 Å². The highest BCUT2D eigenvalue weighted by Gasteiger charge is 2.18. The zero-order valence-corrected chi connectivity index (χ0v) is 14.3. The Morgan fingerprint density at radius 3 is 2.57 bits per heavy atom. The predicted octanol–water partition coefficient (Wildman–Crippen LogP) is 3.25. The monoisotopic (exact) mass is 312 g/mol. The molecule has 4 heteroatoms. The van der Waals surface area contributed by atoms with Gasteiger partial charge >= 0.3 is 0 Å². The molecule has 0 spiro atoms. The summed E-state index contributed by atoms with van der Waals surface area (Å²) in [6, 6.07) is 6.53. The summed E-state index contributed by atoms with van der Waals surface area (Å²) in [5.74, 6) is 1.85. The summed E-state index contributed by atoms with van der Waals surface area (Å²) in [6.45, 7) is 10.1. The molecule has 0 amide bonds. The Morgan fingerprint density at radius 2 is 2.00 bits per heavy atom. The summed E-state index contributed by atoms with van der Waals surface area (Å²) in [4.78, 5) is 2.57. The van der Waals surface area contributed by atoms with E-state index in [1.807, 2.05) is 0 Å². The minimum absolute atomic E-state index is 0. The molecule has 1 N–H and O–H groups in total. The van der Waals surface area contributed by atoms with E-state index in [1.54, 1.807) is 7.11 Å². The Morgan fingerprint density at radius 1 is 1.29 bits per heavy atom. The molecule has 1 saturated heterocycles. The average molecular weight is 313 g/mol. The molecule has 120 valence electrons. The van der Waals surface area contributed by atoms with Gasteiger partial charge in [-0.05, 0) is 69.1 Å². The van der Waals surface area contributed by atoms with E-state index in [9.17, 15) is 0 Å². The van der Waals surface area contributed by atoms with Crippen molar-refractivity contribution in [3.8, 4) is 5.75 Å². The number of rotatable bonds is 6. The van der Waals surface area contributed by atoms with E-state index in [-0.39, 0.29) is 12.4 Å². The first-order valence-corrected chi connectivity index (χ1v) is 7.79. The minimum Gasteiger partial charge on any atom is -0.496 e. The summed E-state index contributed by atoms with van der Waals surface area (Å²) in [7, 11) is 1.73. The number of hydrogen-bond donors (Lipinski definition) is 1. The molecule has 1 heterocycles. The lowest BCUT2D eigenvalue weighted by Crippen LogP contribution is -2.36. The van der Waals surface area contributed by atoms with Gasteiger partial charge in [0.1, 0.15) is 5.75 Å². The van der Waals surface area contributed by atoms with Crippen LogP contribution < -0.4 is 10.1 Å². The highest BCUT2D eigenvalue weighted by molar-refractivity contribution is 5.85. The first kappa shape index (κ1) is 18.3. The van der Waals surface area contributed by atoms with E-state index >= 15 is 0 Å². The molecule has 0 aliphatic carbocycles. The maximum atomic E-state index is 5.32. The summed E-state index contributed by atoms with van der Waals surface area (Å²) in [5, 5.41) is 3.47. The van der Waals surface area contributed by atoms with Crippen LogP contribution in [0, 0.1) is 12.8 Å². The molecule has 0 radical (unpaired) electrons. The number of aryl methyl sites for hydroxylation is 1. The third-order valence-electron chi connectivity index (χ3n) is 4.26. The number of ether oxygens (including phenoxy) is 1. The number of hydrogen-bond acceptors (Lipinski definition) is 3. The quantitative estimate of drug-likeness (QED) is 0.872. The Balaban J connectivity index is 0.00000220. The van der Waals surface area contributed by atoms with Crippen molar-refractivity contribution in [1.29, 1.82) is 0 Å². The van der Waals surface area contributed by atoms with Crippen molar-refractivity contribution in [2.24, 2.45) is 5.92 Å². The fraction of sp³-hybridized carbons (Fsp3) is 0.647. The Bertz CT molecular complexity index is 417. The van der Waals surface area contributed by atoms with Gasteiger partial charge in [-0.25, -0.2) is 0 Å². The van der Waals surface area contributed by atoms with Gasteiger partial charge < -0.3 is 10.1 Å². The fourth-order valence-electron chi connectivity index (χ4n) is 2.99. The molecule has 0 atom stereocenters. The summed E-state index contributed by atoms with van der Waals surface area (Å²) < 4.78 is 5.32. The van der Waals surface area contributed by atoms with Crippen LogP contribution in [0.1, 0.15) is 30.9 Å². The molecule has 1 aromatic carbocycles. The van der Waals surface area contributed by atoms with Crippen molar-refractivity contribution in [1.82, 2.24) is 10.2 Å². The van der Waals surface area contributed by atoms with Crippen LogP contribution in [-0.4, -0.2) is 38.2 Å². The van der Waals surface area contributed by atoms with Crippen LogP contribution in [0.3, 0.4) is 0 Å². The van der Waals surface area contributed by atoms with E-state index in [2.05, 4.69) is 42.3 Å². The molecule has 0 unspecified atom stereocenters. The second-order valence-corrected chi connectivity index (χ2v) is 5.83. The third kappa shape index (κ3) is 5.50. The topological polar surface area (TPSA) is 24.5 Å². The Hall–Kier alpha value is -0.770. The highest BCUT2D eigenvalue weighted by Crippen LogP contribution is 2.22. The van der Waals surface area contributed by atoms with Crippen molar-refractivity contribution in [3.63, 3.8) is 0 Å². The molecule has 0 saturated carbocycles. The second kappa shape index (κ2) is 9.29. The molecule has 0 aromatic heterocycles. The lowest BCUT2D eigenvalue weighted by Gasteiger charge is -2.32. The highest BCUT2D eigenvalue weighted by atomic mass is 35.5. The molecular formula is C17H29ClN2O. The Labute approximate surface area is 135 Å². The molecule has 2 rings (SSSR count). The average Bonchev–Trinajstić information content (AvgIpc) is 2.47.